The first-order valence-electron chi connectivity index (χ1n) is 6.38. The minimum atomic E-state index is -4.04. The third-order valence-corrected chi connectivity index (χ3v) is 5.04. The summed E-state index contributed by atoms with van der Waals surface area (Å²) in [5, 5.41) is -0.230. The predicted molar refractivity (Wildman–Crippen MR) is 86.6 cm³/mol. The molecule has 0 aromatic heterocycles. The molecule has 118 valence electrons. The van der Waals surface area contributed by atoms with E-state index in [4.69, 9.17) is 27.0 Å². The van der Waals surface area contributed by atoms with Gasteiger partial charge in [-0.15, -0.1) is 0 Å². The van der Waals surface area contributed by atoms with Crippen LogP contribution in [-0.2, 0) is 13.8 Å². The van der Waals surface area contributed by atoms with E-state index in [0.29, 0.717) is 4.47 Å². The van der Waals surface area contributed by atoms with Crippen molar-refractivity contribution in [3.8, 4) is 0 Å². The lowest BCUT2D eigenvalue weighted by Gasteiger charge is -2.09. The van der Waals surface area contributed by atoms with Crippen molar-refractivity contribution in [2.24, 2.45) is 0 Å². The van der Waals surface area contributed by atoms with E-state index >= 15 is 0 Å². The van der Waals surface area contributed by atoms with E-state index < -0.39 is 15.0 Å². The zero-order valence-electron chi connectivity index (χ0n) is 11.4. The van der Waals surface area contributed by atoms with Crippen LogP contribution in [0.15, 0.2) is 21.5 Å². The third-order valence-electron chi connectivity index (χ3n) is 2.72. The zero-order valence-corrected chi connectivity index (χ0v) is 15.3. The van der Waals surface area contributed by atoms with E-state index in [1.807, 2.05) is 0 Å². The van der Waals surface area contributed by atoms with Crippen LogP contribution in [0.2, 0.25) is 5.02 Å². The Balaban J connectivity index is 2.88. The lowest BCUT2D eigenvalue weighted by atomic mass is 10.2. The number of carbonyl (C=O) groups excluding carboxylic acids is 1. The molecule has 0 radical (unpaired) electrons. The number of ether oxygens (including phenoxy) is 1. The molecule has 0 aliphatic rings. The van der Waals surface area contributed by atoms with Gasteiger partial charge in [-0.3, -0.25) is 0 Å². The number of hydrogen-bond acceptors (Lipinski definition) is 4. The second kappa shape index (κ2) is 8.36. The third kappa shape index (κ3) is 5.77. The van der Waals surface area contributed by atoms with E-state index in [-0.39, 0.29) is 22.1 Å². The molecular weight excluding hydrogens is 403 g/mol. The molecule has 1 rings (SSSR count). The number of unbranched alkanes of at least 4 members (excludes halogenated alkanes) is 3. The fourth-order valence-corrected chi connectivity index (χ4v) is 3.84. The lowest BCUT2D eigenvalue weighted by Crippen LogP contribution is -2.09. The Labute approximate surface area is 142 Å². The summed E-state index contributed by atoms with van der Waals surface area (Å²) < 4.78 is 28.3. The molecule has 0 unspecified atom stereocenters. The number of benzene rings is 1. The van der Waals surface area contributed by atoms with Crippen molar-refractivity contribution >= 4 is 53.2 Å². The van der Waals surface area contributed by atoms with Crippen LogP contribution in [0.5, 0.6) is 0 Å². The summed E-state index contributed by atoms with van der Waals surface area (Å²) in [7, 11) is 1.25. The predicted octanol–water partition coefficient (Wildman–Crippen LogP) is 4.77. The Bertz CT molecular complexity index is 617. The second-order valence-electron chi connectivity index (χ2n) is 4.40. The number of carbonyl (C=O) groups is 1. The minimum Gasteiger partial charge on any atom is -0.462 e. The largest absolute Gasteiger partial charge is 0.462 e. The fourth-order valence-electron chi connectivity index (χ4n) is 1.66. The first-order chi connectivity index (χ1) is 9.77. The van der Waals surface area contributed by atoms with E-state index in [1.165, 1.54) is 12.1 Å². The number of rotatable bonds is 7. The van der Waals surface area contributed by atoms with Gasteiger partial charge in [-0.05, 0) is 18.6 Å². The standard InChI is InChI=1S/C13H15BrCl2O4S/c1-2-3-4-5-6-20-13(17)10-7-9(14)8-11(12(10)15)21(16,18)19/h7-8H,2-6H2,1H3. The summed E-state index contributed by atoms with van der Waals surface area (Å²) in [5.74, 6) is -0.667. The van der Waals surface area contributed by atoms with Crippen molar-refractivity contribution < 1.29 is 17.9 Å². The van der Waals surface area contributed by atoms with Crippen molar-refractivity contribution in [2.45, 2.75) is 37.5 Å². The molecule has 8 heteroatoms. The van der Waals surface area contributed by atoms with Crippen molar-refractivity contribution in [1.29, 1.82) is 0 Å². The van der Waals surface area contributed by atoms with Gasteiger partial charge in [-0.1, -0.05) is 53.7 Å². The molecule has 0 heterocycles. The van der Waals surface area contributed by atoms with Crippen molar-refractivity contribution in [1.82, 2.24) is 0 Å². The van der Waals surface area contributed by atoms with Gasteiger partial charge in [0.25, 0.3) is 9.05 Å². The summed E-state index contributed by atoms with van der Waals surface area (Å²) in [6.07, 6.45) is 3.88. The van der Waals surface area contributed by atoms with Crippen LogP contribution in [0.1, 0.15) is 43.0 Å². The van der Waals surface area contributed by atoms with Gasteiger partial charge in [0, 0.05) is 15.2 Å². The molecule has 0 fully saturated rings. The zero-order chi connectivity index (χ0) is 16.0. The molecule has 0 saturated heterocycles. The topological polar surface area (TPSA) is 60.4 Å². The van der Waals surface area contributed by atoms with E-state index in [9.17, 15) is 13.2 Å². The maximum atomic E-state index is 12.0. The normalized spacial score (nSPS) is 11.4. The molecule has 0 atom stereocenters. The Morgan fingerprint density at radius 3 is 2.52 bits per heavy atom. The van der Waals surface area contributed by atoms with Gasteiger partial charge >= 0.3 is 5.97 Å². The highest BCUT2D eigenvalue weighted by Crippen LogP contribution is 2.32. The smallest absolute Gasteiger partial charge is 0.339 e. The molecule has 4 nitrogen and oxygen atoms in total. The van der Waals surface area contributed by atoms with Gasteiger partial charge < -0.3 is 4.74 Å². The van der Waals surface area contributed by atoms with Crippen LogP contribution >= 0.6 is 38.2 Å². The first kappa shape index (κ1) is 18.7. The van der Waals surface area contributed by atoms with Crippen LogP contribution in [0.25, 0.3) is 0 Å². The summed E-state index contributed by atoms with van der Waals surface area (Å²) in [6, 6.07) is 2.64. The number of halogens is 3. The summed E-state index contributed by atoms with van der Waals surface area (Å²) in [5.41, 5.74) is -0.0271. The van der Waals surface area contributed by atoms with Crippen LogP contribution in [0, 0.1) is 0 Å². The molecule has 0 aliphatic heterocycles. The van der Waals surface area contributed by atoms with Crippen molar-refractivity contribution in [2.75, 3.05) is 6.61 Å². The quantitative estimate of drug-likeness (QED) is 0.364. The van der Waals surface area contributed by atoms with Gasteiger partial charge in [-0.25, -0.2) is 13.2 Å². The highest BCUT2D eigenvalue weighted by molar-refractivity contribution is 9.10. The summed E-state index contributed by atoms with van der Waals surface area (Å²) in [4.78, 5) is 11.6. The lowest BCUT2D eigenvalue weighted by molar-refractivity contribution is 0.0497. The van der Waals surface area contributed by atoms with Gasteiger partial charge in [0.05, 0.1) is 17.2 Å². The average Bonchev–Trinajstić information content (AvgIpc) is 2.39. The Kier molecular flexibility index (Phi) is 7.47. The molecule has 0 saturated carbocycles. The average molecular weight is 418 g/mol. The SMILES string of the molecule is CCCCCCOC(=O)c1cc(Br)cc(S(=O)(=O)Cl)c1Cl. The minimum absolute atomic E-state index is 0.0271. The van der Waals surface area contributed by atoms with Gasteiger partial charge in [0.2, 0.25) is 0 Å². The van der Waals surface area contributed by atoms with E-state index in [1.54, 1.807) is 0 Å². The molecule has 21 heavy (non-hydrogen) atoms. The second-order valence-corrected chi connectivity index (χ2v) is 8.23. The molecule has 0 amide bonds. The maximum absolute atomic E-state index is 12.0. The van der Waals surface area contributed by atoms with Crippen LogP contribution in [-0.4, -0.2) is 21.0 Å². The van der Waals surface area contributed by atoms with Crippen LogP contribution < -0.4 is 0 Å². The summed E-state index contributed by atoms with van der Waals surface area (Å²) in [6.45, 7) is 2.35. The van der Waals surface area contributed by atoms with E-state index in [0.717, 1.165) is 25.7 Å². The molecule has 0 aliphatic carbocycles. The van der Waals surface area contributed by atoms with Gasteiger partial charge in [-0.2, -0.15) is 0 Å². The number of esters is 1. The van der Waals surface area contributed by atoms with Crippen molar-refractivity contribution in [3.63, 3.8) is 0 Å². The molecule has 0 N–H and O–H groups in total. The number of hydrogen-bond donors (Lipinski definition) is 0. The Morgan fingerprint density at radius 1 is 1.29 bits per heavy atom. The van der Waals surface area contributed by atoms with Crippen LogP contribution in [0.4, 0.5) is 0 Å². The van der Waals surface area contributed by atoms with Crippen molar-refractivity contribution in [3.05, 3.63) is 27.2 Å². The Morgan fingerprint density at radius 2 is 1.95 bits per heavy atom. The summed E-state index contributed by atoms with van der Waals surface area (Å²) >= 11 is 9.06. The molecule has 1 aromatic carbocycles. The van der Waals surface area contributed by atoms with Gasteiger partial charge in [0.1, 0.15) is 4.90 Å². The fraction of sp³-hybridized carbons (Fsp3) is 0.462. The first-order valence-corrected chi connectivity index (χ1v) is 9.86. The molecular formula is C13H15BrCl2O4S. The molecule has 0 spiro atoms. The highest BCUT2D eigenvalue weighted by Gasteiger charge is 2.22. The monoisotopic (exact) mass is 416 g/mol. The maximum Gasteiger partial charge on any atom is 0.339 e. The van der Waals surface area contributed by atoms with Gasteiger partial charge in [0.15, 0.2) is 0 Å². The Hall–Kier alpha value is -0.300. The highest BCUT2D eigenvalue weighted by atomic mass is 79.9. The molecule has 1 aromatic rings. The molecule has 0 bridgehead atoms. The van der Waals surface area contributed by atoms with Crippen LogP contribution in [0.3, 0.4) is 0 Å². The van der Waals surface area contributed by atoms with E-state index in [2.05, 4.69) is 22.9 Å².